The molecule has 0 spiro atoms. The third-order valence-electron chi connectivity index (χ3n) is 20.9. The Kier molecular flexibility index (Phi) is 90.3. The molecule has 0 bridgehead atoms. The van der Waals surface area contributed by atoms with Crippen LogP contribution in [-0.4, -0.2) is 35.1 Å². The van der Waals surface area contributed by atoms with Crippen molar-refractivity contribution in [2.45, 2.75) is 529 Å². The molecule has 3 heteroatoms. The minimum atomic E-state index is -0.664. The van der Waals surface area contributed by atoms with Crippen molar-refractivity contribution in [2.24, 2.45) is 0 Å². The average molecular weight is 1320 g/mol. The van der Waals surface area contributed by atoms with Gasteiger partial charge in [-0.2, -0.15) is 0 Å². The van der Waals surface area contributed by atoms with Crippen molar-refractivity contribution in [3.63, 3.8) is 0 Å². The van der Waals surface area contributed by atoms with E-state index in [9.17, 15) is 4.79 Å². The first-order chi connectivity index (χ1) is 46.6. The molecule has 0 heterocycles. The number of unbranched alkanes of at least 4 members (excludes halogenated alkanes) is 65. The molecule has 0 unspecified atom stereocenters. The molecule has 0 fully saturated rings. The van der Waals surface area contributed by atoms with Crippen molar-refractivity contribution in [3.8, 4) is 0 Å². The van der Waals surface area contributed by atoms with Crippen molar-refractivity contribution in [1.82, 2.24) is 4.90 Å². The molecule has 0 radical (unpaired) electrons. The molecule has 560 valence electrons. The van der Waals surface area contributed by atoms with Gasteiger partial charge in [-0.3, -0.25) is 4.79 Å². The zero-order chi connectivity index (χ0) is 68.1. The molecule has 0 aromatic rings. The summed E-state index contributed by atoms with van der Waals surface area (Å²) in [5, 5.41) is 8.51. The zero-order valence-electron chi connectivity index (χ0n) is 66.0. The van der Waals surface area contributed by atoms with Gasteiger partial charge in [-0.15, -0.1) is 0 Å². The van der Waals surface area contributed by atoms with Crippen LogP contribution >= 0.6 is 0 Å². The number of carboxylic acid groups (broad SMARTS) is 1. The van der Waals surface area contributed by atoms with Gasteiger partial charge >= 0.3 is 5.97 Å². The van der Waals surface area contributed by atoms with E-state index in [1.807, 2.05) is 0 Å². The van der Waals surface area contributed by atoms with Gasteiger partial charge < -0.3 is 10.0 Å². The van der Waals surface area contributed by atoms with E-state index in [0.717, 1.165) is 18.9 Å². The van der Waals surface area contributed by atoms with Crippen LogP contribution in [-0.2, 0) is 4.79 Å². The molecular weight excluding hydrogens is 1140 g/mol. The monoisotopic (exact) mass is 1320 g/mol. The summed E-state index contributed by atoms with van der Waals surface area (Å²) < 4.78 is 0. The molecule has 0 amide bonds. The highest BCUT2D eigenvalue weighted by molar-refractivity contribution is 5.66. The molecule has 0 aliphatic heterocycles. The Labute approximate surface area is 595 Å². The number of nitrogens with zero attached hydrogens (tertiary/aromatic N) is 1. The highest BCUT2D eigenvalue weighted by Crippen LogP contribution is 2.24. The van der Waals surface area contributed by atoms with Crippen LogP contribution in [0, 0.1) is 0 Å². The van der Waals surface area contributed by atoms with E-state index >= 15 is 0 Å². The molecule has 0 rings (SSSR count). The van der Waals surface area contributed by atoms with E-state index in [-0.39, 0.29) is 0 Å². The molecule has 0 aromatic heterocycles. The van der Waals surface area contributed by atoms with Gasteiger partial charge in [0.25, 0.3) is 0 Å². The van der Waals surface area contributed by atoms with Crippen LogP contribution in [0.15, 0.2) is 36.5 Å². The standard InChI is InChI=1S/C73H145N.C18H34O2/c1-5-9-13-17-21-25-29-33-37-41-45-49-53-57-61-65-69-73(70-66-62-58-54-50-46-42-38-34-30-26-22-18-14-10-6-2)74(71-67-63-59-55-51-47-43-39-35-31-27-23-19-15-11-7-3)72-68-64-60-56-52-48-44-40-36-32-28-24-20-16-12-8-4;1-2-3-4-5-6-7-8-9-10-11-12-13-14-15-16-17-18(19)20/h35-36,39-40,73H,5-34,37-38,41-72H2,1-4H3;9-10H,2-8,11-17H2,1H3,(H,19,20). The summed E-state index contributed by atoms with van der Waals surface area (Å²) in [7, 11) is 0. The molecule has 0 saturated heterocycles. The first-order valence-corrected chi connectivity index (χ1v) is 44.5. The van der Waals surface area contributed by atoms with Gasteiger partial charge in [-0.1, -0.05) is 443 Å². The van der Waals surface area contributed by atoms with Crippen molar-refractivity contribution in [2.75, 3.05) is 13.1 Å². The summed E-state index contributed by atoms with van der Waals surface area (Å²) in [5.41, 5.74) is 0. The molecule has 0 aliphatic carbocycles. The van der Waals surface area contributed by atoms with Gasteiger partial charge in [0.2, 0.25) is 0 Å². The number of carbonyl (C=O) groups is 1. The summed E-state index contributed by atoms with van der Waals surface area (Å²) >= 11 is 0. The SMILES string of the molecule is CCCCCCCCC=CCCCCCCCC(=O)O.CCCCCCCCC=CCCCCCCCCN(CCCCCCCCC=CCCCCCCCC)C(CCCCCCCCCCCCCCCCCC)CCCCCCCCCCCCCCCCCC. The van der Waals surface area contributed by atoms with Gasteiger partial charge in [0, 0.05) is 12.5 Å². The average Bonchev–Trinajstić information content (AvgIpc) is 3.78. The second kappa shape index (κ2) is 89.7. The van der Waals surface area contributed by atoms with Crippen LogP contribution in [0.5, 0.6) is 0 Å². The summed E-state index contributed by atoms with van der Waals surface area (Å²) in [4.78, 5) is 13.4. The van der Waals surface area contributed by atoms with Crippen LogP contribution in [0.2, 0.25) is 0 Å². The summed E-state index contributed by atoms with van der Waals surface area (Å²) in [6.45, 7) is 14.3. The lowest BCUT2D eigenvalue weighted by Crippen LogP contribution is -2.37. The van der Waals surface area contributed by atoms with Crippen molar-refractivity contribution in [3.05, 3.63) is 36.5 Å². The van der Waals surface area contributed by atoms with Gasteiger partial charge in [-0.05, 0) is 122 Å². The first kappa shape index (κ1) is 94.7. The van der Waals surface area contributed by atoms with Crippen molar-refractivity contribution < 1.29 is 9.90 Å². The number of allylic oxidation sites excluding steroid dienone is 6. The molecular formula is C91H179NO2. The maximum absolute atomic E-state index is 10.3. The largest absolute Gasteiger partial charge is 0.481 e. The molecule has 1 N–H and O–H groups in total. The lowest BCUT2D eigenvalue weighted by molar-refractivity contribution is -0.137. The number of hydrogen-bond acceptors (Lipinski definition) is 2. The van der Waals surface area contributed by atoms with Crippen LogP contribution in [0.1, 0.15) is 523 Å². The maximum atomic E-state index is 10.3. The Morgan fingerprint density at radius 1 is 0.223 bits per heavy atom. The fraction of sp³-hybridized carbons (Fsp3) is 0.923. The lowest BCUT2D eigenvalue weighted by Gasteiger charge is -2.32. The third kappa shape index (κ3) is 86.7. The topological polar surface area (TPSA) is 40.5 Å². The third-order valence-corrected chi connectivity index (χ3v) is 20.9. The van der Waals surface area contributed by atoms with E-state index in [0.29, 0.717) is 6.42 Å². The summed E-state index contributed by atoms with van der Waals surface area (Å²) in [6, 6.07) is 0.833. The number of aliphatic carboxylic acids is 1. The van der Waals surface area contributed by atoms with Crippen LogP contribution in [0.25, 0.3) is 0 Å². The highest BCUT2D eigenvalue weighted by atomic mass is 16.4. The quantitative estimate of drug-likeness (QED) is 0.0487. The van der Waals surface area contributed by atoms with Gasteiger partial charge in [0.05, 0.1) is 0 Å². The lowest BCUT2D eigenvalue weighted by atomic mass is 9.97. The van der Waals surface area contributed by atoms with Crippen LogP contribution in [0.3, 0.4) is 0 Å². The molecule has 0 atom stereocenters. The molecule has 0 aromatic carbocycles. The van der Waals surface area contributed by atoms with E-state index < -0.39 is 5.97 Å². The minimum Gasteiger partial charge on any atom is -0.481 e. The van der Waals surface area contributed by atoms with E-state index in [1.54, 1.807) is 0 Å². The van der Waals surface area contributed by atoms with E-state index in [1.165, 1.54) is 482 Å². The Morgan fingerprint density at radius 2 is 0.383 bits per heavy atom. The van der Waals surface area contributed by atoms with Gasteiger partial charge in [0.1, 0.15) is 0 Å². The Hall–Kier alpha value is -1.35. The predicted molar refractivity (Wildman–Crippen MR) is 430 cm³/mol. The van der Waals surface area contributed by atoms with Crippen LogP contribution < -0.4 is 0 Å². The predicted octanol–water partition coefficient (Wildman–Crippen LogP) is 33.1. The van der Waals surface area contributed by atoms with Crippen molar-refractivity contribution in [1.29, 1.82) is 0 Å². The summed E-state index contributed by atoms with van der Waals surface area (Å²) in [5.74, 6) is -0.664. The number of carboxylic acids is 1. The Balaban J connectivity index is 0. The number of rotatable bonds is 82. The smallest absolute Gasteiger partial charge is 0.303 e. The minimum absolute atomic E-state index is 0.332. The second-order valence-electron chi connectivity index (χ2n) is 30.5. The molecule has 0 aliphatic rings. The fourth-order valence-corrected chi connectivity index (χ4v) is 14.3. The summed E-state index contributed by atoms with van der Waals surface area (Å²) in [6.07, 6.45) is 121. The van der Waals surface area contributed by atoms with Gasteiger partial charge in [0.15, 0.2) is 0 Å². The first-order valence-electron chi connectivity index (χ1n) is 44.5. The van der Waals surface area contributed by atoms with Crippen molar-refractivity contribution >= 4 is 5.97 Å². The zero-order valence-corrected chi connectivity index (χ0v) is 66.0. The van der Waals surface area contributed by atoms with Gasteiger partial charge in [-0.25, -0.2) is 0 Å². The Morgan fingerprint density at radius 3 is 0.574 bits per heavy atom. The fourth-order valence-electron chi connectivity index (χ4n) is 14.3. The Bertz CT molecular complexity index is 1340. The van der Waals surface area contributed by atoms with E-state index in [2.05, 4.69) is 76.0 Å². The normalized spacial score (nSPS) is 11.9. The van der Waals surface area contributed by atoms with Crippen LogP contribution in [0.4, 0.5) is 0 Å². The molecule has 0 saturated carbocycles. The maximum Gasteiger partial charge on any atom is 0.303 e. The molecule has 94 heavy (non-hydrogen) atoms. The van der Waals surface area contributed by atoms with E-state index in [4.69, 9.17) is 5.11 Å². The number of hydrogen-bond donors (Lipinski definition) is 1. The highest BCUT2D eigenvalue weighted by Gasteiger charge is 2.18. The molecule has 3 nitrogen and oxygen atoms in total. The second-order valence-corrected chi connectivity index (χ2v) is 30.5.